The van der Waals surface area contributed by atoms with Gasteiger partial charge in [0.05, 0.1) is 34.7 Å². The number of nitrogens with zero attached hydrogens (tertiary/aromatic N) is 2. The van der Waals surface area contributed by atoms with E-state index in [2.05, 4.69) is 4.98 Å². The molecule has 0 atom stereocenters. The molecule has 0 unspecified atom stereocenters. The molecular weight excluding hydrogens is 384 g/mol. The number of carbonyl (C=O) groups is 2. The number of carbonyl (C=O) groups excluding carboxylic acids is 2. The van der Waals surface area contributed by atoms with E-state index in [1.54, 1.807) is 18.5 Å². The van der Waals surface area contributed by atoms with Crippen molar-refractivity contribution in [3.8, 4) is 0 Å². The number of hydrogen-bond donors (Lipinski definition) is 0. The number of hydrogen-bond acceptors (Lipinski definition) is 5. The predicted octanol–water partition coefficient (Wildman–Crippen LogP) is 4.50. The Bertz CT molecular complexity index is 1090. The Hall–Kier alpha value is -3.12. The highest BCUT2D eigenvalue weighted by atomic mass is 32.2. The first-order chi connectivity index (χ1) is 14.0. The van der Waals surface area contributed by atoms with E-state index in [9.17, 15) is 9.59 Å². The van der Waals surface area contributed by atoms with Crippen molar-refractivity contribution in [2.75, 3.05) is 0 Å². The molecule has 6 heteroatoms. The van der Waals surface area contributed by atoms with Crippen LogP contribution in [0.4, 0.5) is 0 Å². The van der Waals surface area contributed by atoms with Crippen LogP contribution < -0.4 is 0 Å². The van der Waals surface area contributed by atoms with E-state index in [0.717, 1.165) is 22.5 Å². The van der Waals surface area contributed by atoms with Gasteiger partial charge in [-0.25, -0.2) is 0 Å². The normalized spacial score (nSPS) is 14.2. The Morgan fingerprint density at radius 3 is 2.55 bits per heavy atom. The summed E-state index contributed by atoms with van der Waals surface area (Å²) in [5, 5.41) is 0. The van der Waals surface area contributed by atoms with Gasteiger partial charge in [-0.05, 0) is 54.8 Å². The summed E-state index contributed by atoms with van der Waals surface area (Å²) < 4.78 is 5.39. The molecule has 2 aromatic heterocycles. The van der Waals surface area contributed by atoms with Gasteiger partial charge in [0, 0.05) is 6.20 Å². The zero-order valence-corrected chi connectivity index (χ0v) is 17.0. The maximum Gasteiger partial charge on any atom is 0.268 e. The van der Waals surface area contributed by atoms with Crippen LogP contribution >= 0.6 is 11.8 Å². The molecule has 1 aliphatic rings. The number of benzene rings is 1. The molecule has 0 aliphatic carbocycles. The van der Waals surface area contributed by atoms with E-state index in [1.807, 2.05) is 56.3 Å². The minimum atomic E-state index is -0.287. The predicted molar refractivity (Wildman–Crippen MR) is 113 cm³/mol. The molecule has 0 saturated heterocycles. The molecule has 0 N–H and O–H groups in total. The summed E-state index contributed by atoms with van der Waals surface area (Å²) in [6, 6.07) is 15.0. The summed E-state index contributed by atoms with van der Waals surface area (Å²) >= 11 is 1.33. The lowest BCUT2D eigenvalue weighted by molar-refractivity contribution is -0.137. The van der Waals surface area contributed by atoms with Crippen LogP contribution in [0.15, 0.2) is 70.3 Å². The van der Waals surface area contributed by atoms with Crippen LogP contribution in [-0.4, -0.2) is 21.7 Å². The molecule has 2 amide bonds. The van der Waals surface area contributed by atoms with Crippen LogP contribution in [0.1, 0.15) is 28.1 Å². The molecule has 0 radical (unpaired) electrons. The minimum Gasteiger partial charge on any atom is -0.468 e. The third-order valence-corrected chi connectivity index (χ3v) is 6.00. The van der Waals surface area contributed by atoms with Crippen molar-refractivity contribution in [3.05, 3.63) is 94.0 Å². The molecule has 0 bridgehead atoms. The molecule has 0 saturated carbocycles. The standard InChI is InChI=1S/C23H20N2O3S/c1-15-8-9-17(12-16(15)2)20-21(29-14-19-7-5-11-28-19)23(27)25(22(20)26)13-18-6-3-4-10-24-18/h3-12H,13-14H2,1-2H3. The maximum absolute atomic E-state index is 13.3. The zero-order chi connectivity index (χ0) is 20.4. The Balaban J connectivity index is 1.70. The zero-order valence-electron chi connectivity index (χ0n) is 16.2. The lowest BCUT2D eigenvalue weighted by Gasteiger charge is -2.14. The summed E-state index contributed by atoms with van der Waals surface area (Å²) in [7, 11) is 0. The average molecular weight is 404 g/mol. The Morgan fingerprint density at radius 1 is 1.00 bits per heavy atom. The van der Waals surface area contributed by atoms with Gasteiger partial charge in [0.2, 0.25) is 0 Å². The van der Waals surface area contributed by atoms with Crippen molar-refractivity contribution in [1.82, 2.24) is 9.88 Å². The minimum absolute atomic E-state index is 0.150. The van der Waals surface area contributed by atoms with Gasteiger partial charge in [-0.1, -0.05) is 24.3 Å². The molecule has 29 heavy (non-hydrogen) atoms. The highest BCUT2D eigenvalue weighted by Crippen LogP contribution is 2.38. The van der Waals surface area contributed by atoms with Crippen LogP contribution in [0.2, 0.25) is 0 Å². The first kappa shape index (κ1) is 19.2. The van der Waals surface area contributed by atoms with E-state index < -0.39 is 0 Å². The number of pyridine rings is 1. The molecule has 1 aromatic carbocycles. The maximum atomic E-state index is 13.3. The number of thioether (sulfide) groups is 1. The van der Waals surface area contributed by atoms with E-state index in [1.165, 1.54) is 16.7 Å². The molecule has 3 heterocycles. The first-order valence-electron chi connectivity index (χ1n) is 9.28. The topological polar surface area (TPSA) is 63.4 Å². The van der Waals surface area contributed by atoms with E-state index in [4.69, 9.17) is 4.42 Å². The van der Waals surface area contributed by atoms with Gasteiger partial charge in [-0.2, -0.15) is 0 Å². The van der Waals surface area contributed by atoms with E-state index >= 15 is 0 Å². The smallest absolute Gasteiger partial charge is 0.268 e. The van der Waals surface area contributed by atoms with Gasteiger partial charge < -0.3 is 4.42 Å². The molecule has 1 aliphatic heterocycles. The third kappa shape index (κ3) is 3.89. The van der Waals surface area contributed by atoms with Crippen molar-refractivity contribution >= 4 is 29.1 Å². The second-order valence-electron chi connectivity index (χ2n) is 6.89. The fourth-order valence-corrected chi connectivity index (χ4v) is 4.21. The molecule has 3 aromatic rings. The number of aryl methyl sites for hydroxylation is 2. The molecule has 5 nitrogen and oxygen atoms in total. The Morgan fingerprint density at radius 2 is 1.86 bits per heavy atom. The molecule has 0 spiro atoms. The summed E-state index contributed by atoms with van der Waals surface area (Å²) in [6.45, 7) is 4.18. The molecule has 0 fully saturated rings. The van der Waals surface area contributed by atoms with Crippen molar-refractivity contribution in [3.63, 3.8) is 0 Å². The van der Waals surface area contributed by atoms with Crippen LogP contribution in [0.5, 0.6) is 0 Å². The van der Waals surface area contributed by atoms with Crippen LogP contribution in [0, 0.1) is 13.8 Å². The molecule has 146 valence electrons. The lowest BCUT2D eigenvalue weighted by atomic mass is 10.0. The number of furan rings is 1. The lowest BCUT2D eigenvalue weighted by Crippen LogP contribution is -2.31. The van der Waals surface area contributed by atoms with Crippen molar-refractivity contribution in [2.24, 2.45) is 0 Å². The number of imide groups is 1. The first-order valence-corrected chi connectivity index (χ1v) is 10.3. The Labute approximate surface area is 173 Å². The largest absolute Gasteiger partial charge is 0.468 e. The van der Waals surface area contributed by atoms with Gasteiger partial charge >= 0.3 is 0 Å². The Kier molecular flexibility index (Phi) is 5.36. The third-order valence-electron chi connectivity index (χ3n) is 4.91. The number of aromatic nitrogens is 1. The highest BCUT2D eigenvalue weighted by Gasteiger charge is 2.39. The fraction of sp³-hybridized carbons (Fsp3) is 0.174. The van der Waals surface area contributed by atoms with Crippen LogP contribution in [0.3, 0.4) is 0 Å². The van der Waals surface area contributed by atoms with Gasteiger partial charge in [0.1, 0.15) is 5.76 Å². The average Bonchev–Trinajstić information content (AvgIpc) is 3.32. The van der Waals surface area contributed by atoms with Gasteiger partial charge in [-0.15, -0.1) is 11.8 Å². The van der Waals surface area contributed by atoms with E-state index in [-0.39, 0.29) is 18.4 Å². The summed E-state index contributed by atoms with van der Waals surface area (Å²) in [5.74, 6) is 0.661. The molecular formula is C23H20N2O3S. The summed E-state index contributed by atoms with van der Waals surface area (Å²) in [4.78, 5) is 32.4. The van der Waals surface area contributed by atoms with Crippen molar-refractivity contribution < 1.29 is 14.0 Å². The van der Waals surface area contributed by atoms with Gasteiger partial charge in [0.25, 0.3) is 11.8 Å². The quantitative estimate of drug-likeness (QED) is 0.566. The van der Waals surface area contributed by atoms with Gasteiger partial charge in [-0.3, -0.25) is 19.5 Å². The van der Waals surface area contributed by atoms with Crippen molar-refractivity contribution in [2.45, 2.75) is 26.1 Å². The second-order valence-corrected chi connectivity index (χ2v) is 7.87. The number of rotatable bonds is 6. The van der Waals surface area contributed by atoms with Crippen LogP contribution in [0.25, 0.3) is 5.57 Å². The number of amides is 2. The fourth-order valence-electron chi connectivity index (χ4n) is 3.17. The second kappa shape index (κ2) is 8.09. The monoisotopic (exact) mass is 404 g/mol. The van der Waals surface area contributed by atoms with E-state index in [0.29, 0.717) is 21.9 Å². The van der Waals surface area contributed by atoms with Crippen molar-refractivity contribution in [1.29, 1.82) is 0 Å². The van der Waals surface area contributed by atoms with Crippen LogP contribution in [-0.2, 0) is 21.9 Å². The summed E-state index contributed by atoms with van der Waals surface area (Å²) in [6.07, 6.45) is 3.26. The highest BCUT2D eigenvalue weighted by molar-refractivity contribution is 8.03. The molecule has 4 rings (SSSR count). The van der Waals surface area contributed by atoms with Gasteiger partial charge in [0.15, 0.2) is 0 Å². The SMILES string of the molecule is Cc1ccc(C2=C(SCc3ccco3)C(=O)N(Cc3ccccn3)C2=O)cc1C. The summed E-state index contributed by atoms with van der Waals surface area (Å²) in [5.41, 5.74) is 4.10.